The zero-order valence-corrected chi connectivity index (χ0v) is 16.2. The van der Waals surface area contributed by atoms with Crippen molar-refractivity contribution in [3.05, 3.63) is 56.8 Å². The van der Waals surface area contributed by atoms with Gasteiger partial charge in [-0.05, 0) is 46.2 Å². The van der Waals surface area contributed by atoms with Crippen molar-refractivity contribution in [2.75, 3.05) is 0 Å². The van der Waals surface area contributed by atoms with E-state index in [0.29, 0.717) is 5.56 Å². The van der Waals surface area contributed by atoms with Crippen LogP contribution in [-0.4, -0.2) is 18.0 Å². The second-order valence-corrected chi connectivity index (χ2v) is 7.97. The molecule has 1 aromatic carbocycles. The lowest BCUT2D eigenvalue weighted by Crippen LogP contribution is -2.31. The Kier molecular flexibility index (Phi) is 6.37. The highest BCUT2D eigenvalue weighted by Crippen LogP contribution is 2.23. The summed E-state index contributed by atoms with van der Waals surface area (Å²) in [4.78, 5) is 26.9. The SMILES string of the molecule is Cc1ccc(C(CC(=O)OC(C)C)NC(=O)c2cc(C)sc2C)cc1. The summed E-state index contributed by atoms with van der Waals surface area (Å²) in [6.45, 7) is 9.54. The minimum absolute atomic E-state index is 0.106. The molecule has 0 aliphatic heterocycles. The van der Waals surface area contributed by atoms with Crippen molar-refractivity contribution < 1.29 is 14.3 Å². The van der Waals surface area contributed by atoms with Crippen molar-refractivity contribution in [2.45, 2.75) is 53.2 Å². The van der Waals surface area contributed by atoms with Crippen molar-refractivity contribution >= 4 is 23.2 Å². The molecular formula is C20H25NO3S. The third kappa shape index (κ3) is 5.43. The number of benzene rings is 1. The molecule has 1 N–H and O–H groups in total. The van der Waals surface area contributed by atoms with Gasteiger partial charge in [0.25, 0.3) is 5.91 Å². The van der Waals surface area contributed by atoms with Gasteiger partial charge >= 0.3 is 5.97 Å². The van der Waals surface area contributed by atoms with Gasteiger partial charge in [0, 0.05) is 9.75 Å². The van der Waals surface area contributed by atoms with E-state index >= 15 is 0 Å². The molecule has 134 valence electrons. The fourth-order valence-electron chi connectivity index (χ4n) is 2.62. The van der Waals surface area contributed by atoms with Gasteiger partial charge in [-0.25, -0.2) is 0 Å². The van der Waals surface area contributed by atoms with Crippen molar-refractivity contribution in [1.82, 2.24) is 5.32 Å². The number of nitrogens with one attached hydrogen (secondary N) is 1. The Balaban J connectivity index is 2.21. The lowest BCUT2D eigenvalue weighted by atomic mass is 10.0. The summed E-state index contributed by atoms with van der Waals surface area (Å²) in [6.07, 6.45) is -0.0709. The number of carbonyl (C=O) groups is 2. The van der Waals surface area contributed by atoms with E-state index < -0.39 is 6.04 Å². The average molecular weight is 359 g/mol. The van der Waals surface area contributed by atoms with Gasteiger partial charge in [0.2, 0.25) is 0 Å². The quantitative estimate of drug-likeness (QED) is 0.773. The fraction of sp³-hybridized carbons (Fsp3) is 0.400. The maximum absolute atomic E-state index is 12.7. The van der Waals surface area contributed by atoms with E-state index in [0.717, 1.165) is 20.9 Å². The van der Waals surface area contributed by atoms with Crippen LogP contribution in [0.4, 0.5) is 0 Å². The summed E-state index contributed by atoms with van der Waals surface area (Å²) in [5.74, 6) is -0.483. The number of rotatable bonds is 6. The zero-order valence-electron chi connectivity index (χ0n) is 15.4. The van der Waals surface area contributed by atoms with Gasteiger partial charge in [-0.3, -0.25) is 9.59 Å². The van der Waals surface area contributed by atoms with Crippen molar-refractivity contribution in [3.8, 4) is 0 Å². The molecule has 1 unspecified atom stereocenters. The molecule has 1 amide bonds. The molecule has 25 heavy (non-hydrogen) atoms. The van der Waals surface area contributed by atoms with Gasteiger partial charge in [0.1, 0.15) is 0 Å². The first-order valence-corrected chi connectivity index (χ1v) is 9.22. The summed E-state index contributed by atoms with van der Waals surface area (Å²) >= 11 is 1.59. The van der Waals surface area contributed by atoms with Crippen LogP contribution in [0.2, 0.25) is 0 Å². The lowest BCUT2D eigenvalue weighted by molar-refractivity contribution is -0.147. The van der Waals surface area contributed by atoms with Crippen molar-refractivity contribution in [2.24, 2.45) is 0 Å². The summed E-state index contributed by atoms with van der Waals surface area (Å²) in [5, 5.41) is 2.99. The van der Waals surface area contributed by atoms with E-state index in [4.69, 9.17) is 4.74 Å². The molecule has 0 fully saturated rings. The summed E-state index contributed by atoms with van der Waals surface area (Å²) in [5.41, 5.74) is 2.68. The third-order valence-corrected chi connectivity index (χ3v) is 4.77. The third-order valence-electron chi connectivity index (χ3n) is 3.81. The van der Waals surface area contributed by atoms with E-state index in [1.54, 1.807) is 11.3 Å². The van der Waals surface area contributed by atoms with E-state index in [9.17, 15) is 9.59 Å². The number of esters is 1. The Morgan fingerprint density at radius 1 is 1.12 bits per heavy atom. The molecule has 0 spiro atoms. The second-order valence-electron chi connectivity index (χ2n) is 6.51. The van der Waals surface area contributed by atoms with Crippen LogP contribution in [0.5, 0.6) is 0 Å². The molecule has 1 aromatic heterocycles. The summed E-state index contributed by atoms with van der Waals surface area (Å²) in [7, 11) is 0. The minimum Gasteiger partial charge on any atom is -0.463 e. The Labute approximate surface area is 153 Å². The molecule has 1 heterocycles. The molecular weight excluding hydrogens is 334 g/mol. The largest absolute Gasteiger partial charge is 0.463 e. The number of aryl methyl sites for hydroxylation is 3. The number of thiophene rings is 1. The van der Waals surface area contributed by atoms with E-state index in [1.807, 2.05) is 65.0 Å². The second kappa shape index (κ2) is 8.30. The van der Waals surface area contributed by atoms with Crippen LogP contribution in [0.25, 0.3) is 0 Å². The Hall–Kier alpha value is -2.14. The van der Waals surface area contributed by atoms with Crippen LogP contribution < -0.4 is 5.32 Å². The Bertz CT molecular complexity index is 747. The van der Waals surface area contributed by atoms with E-state index in [2.05, 4.69) is 5.32 Å². The molecule has 0 radical (unpaired) electrons. The standard InChI is InChI=1S/C20H25NO3S/c1-12(2)24-19(22)11-18(16-8-6-13(3)7-9-16)21-20(23)17-10-14(4)25-15(17)5/h6-10,12,18H,11H2,1-5H3,(H,21,23). The van der Waals surface area contributed by atoms with Gasteiger partial charge in [-0.15, -0.1) is 11.3 Å². The molecule has 4 nitrogen and oxygen atoms in total. The van der Waals surface area contributed by atoms with Crippen LogP contribution in [0, 0.1) is 20.8 Å². The molecule has 5 heteroatoms. The van der Waals surface area contributed by atoms with E-state index in [1.165, 1.54) is 0 Å². The number of hydrogen-bond donors (Lipinski definition) is 1. The maximum Gasteiger partial charge on any atom is 0.308 e. The van der Waals surface area contributed by atoms with Crippen LogP contribution in [0.1, 0.15) is 57.5 Å². The Morgan fingerprint density at radius 2 is 1.76 bits per heavy atom. The molecule has 0 aliphatic carbocycles. The Morgan fingerprint density at radius 3 is 2.28 bits per heavy atom. The zero-order chi connectivity index (χ0) is 18.6. The first-order valence-electron chi connectivity index (χ1n) is 8.40. The van der Waals surface area contributed by atoms with Gasteiger partial charge < -0.3 is 10.1 Å². The molecule has 1 atom stereocenters. The fourth-order valence-corrected chi connectivity index (χ4v) is 3.54. The summed E-state index contributed by atoms with van der Waals surface area (Å²) in [6, 6.07) is 9.29. The monoisotopic (exact) mass is 359 g/mol. The van der Waals surface area contributed by atoms with Crippen molar-refractivity contribution in [3.63, 3.8) is 0 Å². The van der Waals surface area contributed by atoms with Crippen LogP contribution in [0.15, 0.2) is 30.3 Å². The molecule has 0 bridgehead atoms. The highest BCUT2D eigenvalue weighted by molar-refractivity contribution is 7.12. The normalized spacial score (nSPS) is 12.1. The molecule has 0 saturated carbocycles. The highest BCUT2D eigenvalue weighted by Gasteiger charge is 2.22. The van der Waals surface area contributed by atoms with Gasteiger partial charge in [-0.1, -0.05) is 29.8 Å². The molecule has 2 aromatic rings. The molecule has 0 aliphatic rings. The predicted octanol–water partition coefficient (Wildman–Crippen LogP) is 4.49. The molecule has 0 saturated heterocycles. The lowest BCUT2D eigenvalue weighted by Gasteiger charge is -2.19. The van der Waals surface area contributed by atoms with Crippen LogP contribution in [0.3, 0.4) is 0 Å². The number of ether oxygens (including phenoxy) is 1. The van der Waals surface area contributed by atoms with E-state index in [-0.39, 0.29) is 24.4 Å². The number of amides is 1. The minimum atomic E-state index is -0.418. The van der Waals surface area contributed by atoms with Gasteiger partial charge in [0.05, 0.1) is 24.1 Å². The predicted molar refractivity (Wildman–Crippen MR) is 101 cm³/mol. The number of hydrogen-bond acceptors (Lipinski definition) is 4. The first-order chi connectivity index (χ1) is 11.8. The number of carbonyl (C=O) groups excluding carboxylic acids is 2. The van der Waals surface area contributed by atoms with Gasteiger partial charge in [-0.2, -0.15) is 0 Å². The first kappa shape index (κ1) is 19.2. The van der Waals surface area contributed by atoms with Crippen molar-refractivity contribution in [1.29, 1.82) is 0 Å². The van der Waals surface area contributed by atoms with Crippen LogP contribution >= 0.6 is 11.3 Å². The van der Waals surface area contributed by atoms with Gasteiger partial charge in [0.15, 0.2) is 0 Å². The summed E-state index contributed by atoms with van der Waals surface area (Å²) < 4.78 is 5.25. The highest BCUT2D eigenvalue weighted by atomic mass is 32.1. The smallest absolute Gasteiger partial charge is 0.308 e. The maximum atomic E-state index is 12.7. The average Bonchev–Trinajstić information content (AvgIpc) is 2.85. The van der Waals surface area contributed by atoms with Crippen LogP contribution in [-0.2, 0) is 9.53 Å². The molecule has 2 rings (SSSR count). The topological polar surface area (TPSA) is 55.4 Å².